The molecule has 0 amide bonds. The van der Waals surface area contributed by atoms with E-state index in [-0.39, 0.29) is 149 Å². The number of nitrogens with two attached hydrogens (primary N) is 1. The van der Waals surface area contributed by atoms with Crippen LogP contribution >= 0.6 is 0 Å². The third kappa shape index (κ3) is 4.98. The fourth-order valence-corrected chi connectivity index (χ4v) is 2.24. The Hall–Kier alpha value is 2.31. The van der Waals surface area contributed by atoms with Crippen molar-refractivity contribution >= 4 is 17.1 Å². The zero-order valence-corrected chi connectivity index (χ0v) is 26.1. The summed E-state index contributed by atoms with van der Waals surface area (Å²) in [5.74, 6) is -0.101. The summed E-state index contributed by atoms with van der Waals surface area (Å²) < 4.78 is 6.64. The van der Waals surface area contributed by atoms with Crippen LogP contribution in [0.5, 0.6) is 0 Å². The molecule has 23 heavy (non-hydrogen) atoms. The van der Waals surface area contributed by atoms with Crippen molar-refractivity contribution in [3.63, 3.8) is 0 Å². The van der Waals surface area contributed by atoms with Crippen LogP contribution in [0.25, 0.3) is 11.2 Å². The second-order valence-corrected chi connectivity index (χ2v) is 4.50. The molecule has 1 aliphatic rings. The molecule has 1 aliphatic heterocycles. The van der Waals surface area contributed by atoms with E-state index in [2.05, 4.69) is 15.0 Å². The maximum Gasteiger partial charge on any atom is 0.280 e. The fraction of sp³-hybridized carbons (Fsp3) is 0.500. The molecule has 4 atom stereocenters. The van der Waals surface area contributed by atoms with Gasteiger partial charge >= 0.3 is 0 Å². The number of fused-ring (bicyclic) bond motifs is 1. The Kier molecular flexibility index (Phi) is 11.7. The fourth-order valence-electron chi connectivity index (χ4n) is 2.24. The van der Waals surface area contributed by atoms with Gasteiger partial charge in [0, 0.05) is 132 Å². The Bertz CT molecular complexity index is 710. The van der Waals surface area contributed by atoms with Crippen LogP contribution in [-0.2, 0) is 4.74 Å². The minimum Gasteiger partial charge on any atom is -0.394 e. The monoisotopic (exact) mass is 964 g/mol. The first-order valence-corrected chi connectivity index (χ1v) is 5.87. The summed E-state index contributed by atoms with van der Waals surface area (Å²) >= 11 is 0. The zero-order chi connectivity index (χ0) is 14.4. The van der Waals surface area contributed by atoms with Gasteiger partial charge in [0.05, 0.1) is 12.9 Å². The van der Waals surface area contributed by atoms with E-state index >= 15 is 0 Å². The molecular weight excluding hydrogens is 951 g/mol. The van der Waals surface area contributed by atoms with E-state index in [1.54, 1.807) is 0 Å². The van der Waals surface area contributed by atoms with Gasteiger partial charge in [-0.25, -0.2) is 4.98 Å². The number of nitrogens with one attached hydrogen (secondary N) is 1. The van der Waals surface area contributed by atoms with Gasteiger partial charge in [-0.05, 0) is 0 Å². The number of ether oxygens (including phenoxy) is 1. The molecule has 1 fully saturated rings. The van der Waals surface area contributed by atoms with Gasteiger partial charge in [0.25, 0.3) is 5.56 Å². The summed E-state index contributed by atoms with van der Waals surface area (Å²) in [6, 6.07) is 0. The van der Waals surface area contributed by atoms with Crippen LogP contribution in [0.2, 0.25) is 0 Å². The van der Waals surface area contributed by atoms with Crippen molar-refractivity contribution in [1.82, 2.24) is 19.5 Å². The van der Waals surface area contributed by atoms with Gasteiger partial charge in [-0.15, -0.1) is 0 Å². The molecule has 4 unspecified atom stereocenters. The first kappa shape index (κ1) is 25.3. The van der Waals surface area contributed by atoms with Crippen LogP contribution in [0.15, 0.2) is 11.1 Å². The predicted octanol–water partition coefficient (Wildman–Crippen LogP) is -2.69. The largest absolute Gasteiger partial charge is 0.394 e. The Labute approximate surface area is 237 Å². The molecule has 2 aromatic heterocycles. The Morgan fingerprint density at radius 3 is 2.52 bits per heavy atom. The van der Waals surface area contributed by atoms with Crippen molar-refractivity contribution in [1.29, 1.82) is 0 Å². The third-order valence-electron chi connectivity index (χ3n) is 3.24. The van der Waals surface area contributed by atoms with Gasteiger partial charge < -0.3 is 25.8 Å². The number of nitrogens with zero attached hydrogens (tertiary/aromatic N) is 3. The quantitative estimate of drug-likeness (QED) is 0.218. The van der Waals surface area contributed by atoms with Crippen LogP contribution in [0.1, 0.15) is 6.23 Å². The van der Waals surface area contributed by atoms with Gasteiger partial charge in [-0.3, -0.25) is 14.3 Å². The average Bonchev–Trinajstić information content (AvgIpc) is 2.93. The molecule has 3 radical (unpaired) electrons. The standard InChI is InChI=1S/C10H13N5O5.3Ac/c11-10-13-7-4(8(19)14-10)12-2-15(7)9-6(18)5(17)3(1-16)20-9;;;/h2-3,5-6,9,16-18H,1H2,(H3,11,13,14,19);;;. The first-order valence-electron chi connectivity index (χ1n) is 5.87. The van der Waals surface area contributed by atoms with Crippen molar-refractivity contribution in [3.05, 3.63) is 16.7 Å². The number of anilines is 1. The van der Waals surface area contributed by atoms with Crippen LogP contribution in [0.3, 0.4) is 0 Å². The van der Waals surface area contributed by atoms with Crippen LogP contribution in [0, 0.1) is 132 Å². The number of aromatic amines is 1. The van der Waals surface area contributed by atoms with Gasteiger partial charge in [-0.1, -0.05) is 0 Å². The number of hydrogen-bond acceptors (Lipinski definition) is 8. The number of H-pyrrole nitrogens is 1. The molecule has 13 heteroatoms. The van der Waals surface area contributed by atoms with E-state index in [1.807, 2.05) is 0 Å². The predicted molar refractivity (Wildman–Crippen MR) is 65.6 cm³/mol. The topological polar surface area (TPSA) is 160 Å². The summed E-state index contributed by atoms with van der Waals surface area (Å²) in [4.78, 5) is 21.8. The smallest absolute Gasteiger partial charge is 0.280 e. The van der Waals surface area contributed by atoms with Gasteiger partial charge in [0.2, 0.25) is 5.95 Å². The third-order valence-corrected chi connectivity index (χ3v) is 3.24. The molecule has 0 saturated carbocycles. The summed E-state index contributed by atoms with van der Waals surface area (Å²) in [6.07, 6.45) is -3.21. The molecule has 6 N–H and O–H groups in total. The summed E-state index contributed by atoms with van der Waals surface area (Å²) in [5.41, 5.74) is 5.12. The van der Waals surface area contributed by atoms with E-state index in [4.69, 9.17) is 15.6 Å². The average molecular weight is 964 g/mol. The van der Waals surface area contributed by atoms with Crippen LogP contribution < -0.4 is 11.3 Å². The van der Waals surface area contributed by atoms with Crippen LogP contribution in [-0.4, -0.2) is 59.8 Å². The first-order chi connectivity index (χ1) is 9.52. The molecule has 0 aliphatic carbocycles. The van der Waals surface area contributed by atoms with Crippen molar-refractivity contribution in [2.75, 3.05) is 12.3 Å². The minimum atomic E-state index is -1.29. The summed E-state index contributed by atoms with van der Waals surface area (Å²) in [7, 11) is 0. The minimum absolute atomic E-state index is 0. The SMILES string of the molecule is Nc1nc2c(ncn2C2OC(CO)C(O)C2O)c(=O)[nH]1.[Ac].[Ac].[Ac]. The number of rotatable bonds is 2. The number of nitrogen functional groups attached to an aromatic ring is 1. The molecule has 3 heterocycles. The van der Waals surface area contributed by atoms with E-state index < -0.39 is 36.7 Å². The second-order valence-electron chi connectivity index (χ2n) is 4.50. The molecule has 1 saturated heterocycles. The molecule has 0 aromatic carbocycles. The Morgan fingerprint density at radius 1 is 1.30 bits per heavy atom. The zero-order valence-electron chi connectivity index (χ0n) is 11.9. The second kappa shape index (κ2) is 10.6. The normalized spacial score (nSPS) is 26.2. The number of aliphatic hydroxyl groups is 3. The number of imidazole rings is 1. The van der Waals surface area contributed by atoms with E-state index in [0.29, 0.717) is 0 Å². The molecule has 0 spiro atoms. The van der Waals surface area contributed by atoms with Crippen molar-refractivity contribution in [3.8, 4) is 0 Å². The molecule has 2 aromatic rings. The molecular formula is C10H13Ac3N5O5. The Balaban J connectivity index is 0.00000161. The maximum atomic E-state index is 11.7. The summed E-state index contributed by atoms with van der Waals surface area (Å²) in [6.45, 7) is -0.447. The maximum absolute atomic E-state index is 11.7. The molecule has 0 bridgehead atoms. The molecule has 10 nitrogen and oxygen atoms in total. The van der Waals surface area contributed by atoms with E-state index in [1.165, 1.54) is 10.9 Å². The van der Waals surface area contributed by atoms with Gasteiger partial charge in [-0.2, -0.15) is 4.98 Å². The van der Waals surface area contributed by atoms with Crippen molar-refractivity contribution < 1.29 is 152 Å². The van der Waals surface area contributed by atoms with Crippen molar-refractivity contribution in [2.24, 2.45) is 0 Å². The summed E-state index contributed by atoms with van der Waals surface area (Å²) in [5, 5.41) is 28.7. The molecule has 3 rings (SSSR count). The van der Waals surface area contributed by atoms with Gasteiger partial charge in [0.15, 0.2) is 17.4 Å². The number of aliphatic hydroxyl groups excluding tert-OH is 3. The van der Waals surface area contributed by atoms with E-state index in [9.17, 15) is 15.0 Å². The van der Waals surface area contributed by atoms with E-state index in [0.717, 1.165) is 0 Å². The number of aromatic nitrogens is 4. The van der Waals surface area contributed by atoms with Crippen molar-refractivity contribution in [2.45, 2.75) is 24.5 Å². The number of hydrogen-bond donors (Lipinski definition) is 5. The van der Waals surface area contributed by atoms with Crippen LogP contribution in [0.4, 0.5) is 5.95 Å². The van der Waals surface area contributed by atoms with Gasteiger partial charge in [0.1, 0.15) is 18.3 Å². The molecule has 117 valence electrons. The Morgan fingerprint density at radius 2 is 1.96 bits per heavy atom.